The van der Waals surface area contributed by atoms with Crippen LogP contribution < -0.4 is 4.74 Å². The highest BCUT2D eigenvalue weighted by Gasteiger charge is 2.16. The summed E-state index contributed by atoms with van der Waals surface area (Å²) < 4.78 is 10.6. The molecule has 0 heterocycles. The molecule has 0 spiro atoms. The molecular formula is C13H18O3S. The summed E-state index contributed by atoms with van der Waals surface area (Å²) >= 11 is 1.58. The Hall–Kier alpha value is -1.16. The van der Waals surface area contributed by atoms with Crippen LogP contribution in [0.3, 0.4) is 0 Å². The third-order valence-corrected chi connectivity index (χ3v) is 2.61. The fourth-order valence-electron chi connectivity index (χ4n) is 1.25. The molecular weight excluding hydrogens is 236 g/mol. The van der Waals surface area contributed by atoms with Gasteiger partial charge in [0.15, 0.2) is 6.61 Å². The van der Waals surface area contributed by atoms with Gasteiger partial charge in [0.25, 0.3) is 0 Å². The summed E-state index contributed by atoms with van der Waals surface area (Å²) in [5, 5.41) is 0. The van der Waals surface area contributed by atoms with Crippen molar-refractivity contribution in [1.29, 1.82) is 0 Å². The molecule has 94 valence electrons. The van der Waals surface area contributed by atoms with Gasteiger partial charge in [-0.25, -0.2) is 4.79 Å². The lowest BCUT2D eigenvalue weighted by molar-refractivity contribution is -0.157. The smallest absolute Gasteiger partial charge is 0.344 e. The molecule has 0 aromatic heterocycles. The minimum Gasteiger partial charge on any atom is -0.481 e. The van der Waals surface area contributed by atoms with Gasteiger partial charge in [0, 0.05) is 4.90 Å². The number of carbonyl (C=O) groups is 1. The number of rotatable bonds is 4. The highest BCUT2D eigenvalue weighted by Crippen LogP contribution is 2.26. The molecule has 0 bridgehead atoms. The zero-order valence-electron chi connectivity index (χ0n) is 10.6. The van der Waals surface area contributed by atoms with E-state index in [2.05, 4.69) is 0 Å². The lowest BCUT2D eigenvalue weighted by Crippen LogP contribution is -2.27. The van der Waals surface area contributed by atoms with Gasteiger partial charge in [-0.1, -0.05) is 12.1 Å². The van der Waals surface area contributed by atoms with E-state index in [9.17, 15) is 4.79 Å². The number of thioether (sulfide) groups is 1. The van der Waals surface area contributed by atoms with E-state index >= 15 is 0 Å². The van der Waals surface area contributed by atoms with Crippen molar-refractivity contribution in [3.8, 4) is 5.75 Å². The minimum absolute atomic E-state index is 0.0607. The second-order valence-corrected chi connectivity index (χ2v) is 5.37. The third-order valence-electron chi connectivity index (χ3n) is 1.83. The molecule has 0 fully saturated rings. The van der Waals surface area contributed by atoms with Crippen molar-refractivity contribution in [3.05, 3.63) is 24.3 Å². The van der Waals surface area contributed by atoms with Crippen molar-refractivity contribution < 1.29 is 14.3 Å². The zero-order chi connectivity index (χ0) is 12.9. The SMILES string of the molecule is CSc1ccccc1OCC(=O)OC(C)(C)C. The van der Waals surface area contributed by atoms with E-state index < -0.39 is 5.60 Å². The van der Waals surface area contributed by atoms with Crippen molar-refractivity contribution in [2.24, 2.45) is 0 Å². The van der Waals surface area contributed by atoms with Crippen LogP contribution in [-0.2, 0) is 9.53 Å². The number of hydrogen-bond donors (Lipinski definition) is 0. The topological polar surface area (TPSA) is 35.5 Å². The Morgan fingerprint density at radius 2 is 1.94 bits per heavy atom. The maximum atomic E-state index is 11.5. The maximum Gasteiger partial charge on any atom is 0.344 e. The summed E-state index contributed by atoms with van der Waals surface area (Å²) in [6.07, 6.45) is 1.97. The molecule has 3 nitrogen and oxygen atoms in total. The predicted molar refractivity (Wildman–Crippen MR) is 69.6 cm³/mol. The van der Waals surface area contributed by atoms with Crippen LogP contribution in [0.25, 0.3) is 0 Å². The average molecular weight is 254 g/mol. The molecule has 0 atom stereocenters. The molecule has 0 saturated carbocycles. The van der Waals surface area contributed by atoms with Crippen LogP contribution in [0.2, 0.25) is 0 Å². The lowest BCUT2D eigenvalue weighted by Gasteiger charge is -2.19. The van der Waals surface area contributed by atoms with Crippen molar-refractivity contribution in [3.63, 3.8) is 0 Å². The number of benzene rings is 1. The first-order valence-corrected chi connectivity index (χ1v) is 6.62. The fourth-order valence-corrected chi connectivity index (χ4v) is 1.79. The second kappa shape index (κ2) is 5.96. The molecule has 0 N–H and O–H groups in total. The largest absolute Gasteiger partial charge is 0.481 e. The molecule has 0 radical (unpaired) electrons. The second-order valence-electron chi connectivity index (χ2n) is 4.53. The van der Waals surface area contributed by atoms with Gasteiger partial charge in [0.05, 0.1) is 0 Å². The lowest BCUT2D eigenvalue weighted by atomic mass is 10.2. The number of hydrogen-bond acceptors (Lipinski definition) is 4. The Balaban J connectivity index is 2.53. The van der Waals surface area contributed by atoms with Crippen molar-refractivity contribution in [1.82, 2.24) is 0 Å². The van der Waals surface area contributed by atoms with E-state index in [-0.39, 0.29) is 12.6 Å². The highest BCUT2D eigenvalue weighted by molar-refractivity contribution is 7.98. The van der Waals surface area contributed by atoms with E-state index in [1.54, 1.807) is 11.8 Å². The van der Waals surface area contributed by atoms with Crippen LogP contribution >= 0.6 is 11.8 Å². The van der Waals surface area contributed by atoms with Crippen molar-refractivity contribution in [2.75, 3.05) is 12.9 Å². The molecule has 0 aliphatic carbocycles. The van der Waals surface area contributed by atoms with Gasteiger partial charge in [0.1, 0.15) is 11.4 Å². The Morgan fingerprint density at radius 3 is 2.53 bits per heavy atom. The predicted octanol–water partition coefficient (Wildman–Crippen LogP) is 3.13. The first-order valence-electron chi connectivity index (χ1n) is 5.40. The number of esters is 1. The molecule has 0 saturated heterocycles. The van der Waals surface area contributed by atoms with Crippen LogP contribution in [0, 0.1) is 0 Å². The average Bonchev–Trinajstić information content (AvgIpc) is 2.24. The molecule has 0 aliphatic rings. The summed E-state index contributed by atoms with van der Waals surface area (Å²) in [7, 11) is 0. The van der Waals surface area contributed by atoms with Gasteiger partial charge in [-0.05, 0) is 39.2 Å². The zero-order valence-corrected chi connectivity index (χ0v) is 11.5. The first-order chi connectivity index (χ1) is 7.92. The standard InChI is InChI=1S/C13H18O3S/c1-13(2,3)16-12(14)9-15-10-7-5-6-8-11(10)17-4/h5-8H,9H2,1-4H3. The Morgan fingerprint density at radius 1 is 1.29 bits per heavy atom. The molecule has 1 aromatic rings. The third kappa shape index (κ3) is 5.13. The van der Waals surface area contributed by atoms with Crippen LogP contribution in [0.5, 0.6) is 5.75 Å². The van der Waals surface area contributed by atoms with Crippen LogP contribution in [-0.4, -0.2) is 24.4 Å². The molecule has 0 amide bonds. The van der Waals surface area contributed by atoms with E-state index in [0.29, 0.717) is 5.75 Å². The molecule has 0 aliphatic heterocycles. The summed E-state index contributed by atoms with van der Waals surface area (Å²) in [4.78, 5) is 12.5. The minimum atomic E-state index is -0.473. The molecule has 0 unspecified atom stereocenters. The number of para-hydroxylation sites is 1. The fraction of sp³-hybridized carbons (Fsp3) is 0.462. The molecule has 17 heavy (non-hydrogen) atoms. The van der Waals surface area contributed by atoms with Gasteiger partial charge < -0.3 is 9.47 Å². The van der Waals surface area contributed by atoms with Crippen LogP contribution in [0.15, 0.2) is 29.2 Å². The normalized spacial score (nSPS) is 11.1. The molecule has 1 rings (SSSR count). The highest BCUT2D eigenvalue weighted by atomic mass is 32.2. The monoisotopic (exact) mass is 254 g/mol. The summed E-state index contributed by atoms with van der Waals surface area (Å²) in [5.74, 6) is 0.360. The number of ether oxygens (including phenoxy) is 2. The van der Waals surface area contributed by atoms with Gasteiger partial charge in [-0.2, -0.15) is 0 Å². The quantitative estimate of drug-likeness (QED) is 0.611. The van der Waals surface area contributed by atoms with Gasteiger partial charge in [0.2, 0.25) is 0 Å². The summed E-state index contributed by atoms with van der Waals surface area (Å²) in [6, 6.07) is 7.61. The van der Waals surface area contributed by atoms with Crippen LogP contribution in [0.1, 0.15) is 20.8 Å². The maximum absolute atomic E-state index is 11.5. The summed E-state index contributed by atoms with van der Waals surface area (Å²) in [5.41, 5.74) is -0.473. The summed E-state index contributed by atoms with van der Waals surface area (Å²) in [6.45, 7) is 5.44. The van der Waals surface area contributed by atoms with Gasteiger partial charge in [-0.3, -0.25) is 0 Å². The first kappa shape index (κ1) is 13.9. The van der Waals surface area contributed by atoms with E-state index in [1.165, 1.54) is 0 Å². The number of carbonyl (C=O) groups excluding carboxylic acids is 1. The van der Waals surface area contributed by atoms with E-state index in [0.717, 1.165) is 4.90 Å². The Bertz CT molecular complexity index is 382. The molecule has 1 aromatic carbocycles. The van der Waals surface area contributed by atoms with Gasteiger partial charge >= 0.3 is 5.97 Å². The van der Waals surface area contributed by atoms with Gasteiger partial charge in [-0.15, -0.1) is 11.8 Å². The van der Waals surface area contributed by atoms with Crippen molar-refractivity contribution in [2.45, 2.75) is 31.3 Å². The van der Waals surface area contributed by atoms with E-state index in [4.69, 9.17) is 9.47 Å². The van der Waals surface area contributed by atoms with Crippen molar-refractivity contribution >= 4 is 17.7 Å². The molecule has 4 heteroatoms. The Labute approximate surface area is 106 Å². The Kier molecular flexibility index (Phi) is 4.87. The van der Waals surface area contributed by atoms with E-state index in [1.807, 2.05) is 51.3 Å². The van der Waals surface area contributed by atoms with Crippen LogP contribution in [0.4, 0.5) is 0 Å².